The number of nitrogens with zero attached hydrogens (tertiary/aromatic N) is 2. The molecule has 1 aromatic carbocycles. The van der Waals surface area contributed by atoms with Crippen molar-refractivity contribution in [2.75, 3.05) is 0 Å². The van der Waals surface area contributed by atoms with E-state index in [4.69, 9.17) is 10.0 Å². The van der Waals surface area contributed by atoms with Gasteiger partial charge in [-0.15, -0.1) is 0 Å². The van der Waals surface area contributed by atoms with Crippen LogP contribution >= 0.6 is 0 Å². The minimum Gasteiger partial charge on any atom is -0.423 e. The molecule has 0 radical (unpaired) electrons. The molecule has 0 aliphatic heterocycles. The van der Waals surface area contributed by atoms with Crippen molar-refractivity contribution < 1.29 is 14.4 Å². The van der Waals surface area contributed by atoms with E-state index in [1.807, 2.05) is 0 Å². The molecular formula is C12H12BFN2O3. The van der Waals surface area contributed by atoms with E-state index in [-0.39, 0.29) is 23.1 Å². The van der Waals surface area contributed by atoms with Crippen molar-refractivity contribution in [2.45, 2.75) is 13.5 Å². The average Bonchev–Trinajstić information content (AvgIpc) is 2.34. The molecule has 0 saturated heterocycles. The van der Waals surface area contributed by atoms with E-state index < -0.39 is 12.9 Å². The lowest BCUT2D eigenvalue weighted by atomic mass is 9.80. The Hall–Kier alpha value is -1.99. The largest absolute Gasteiger partial charge is 0.488 e. The molecule has 2 aromatic rings. The molecule has 0 aliphatic rings. The van der Waals surface area contributed by atoms with Crippen LogP contribution in [0.3, 0.4) is 0 Å². The Kier molecular flexibility index (Phi) is 3.78. The van der Waals surface area contributed by atoms with Gasteiger partial charge in [-0.1, -0.05) is 12.1 Å². The molecule has 0 unspecified atom stereocenters. The van der Waals surface area contributed by atoms with Gasteiger partial charge in [-0.3, -0.25) is 4.79 Å². The molecule has 5 nitrogen and oxygen atoms in total. The summed E-state index contributed by atoms with van der Waals surface area (Å²) >= 11 is 0. The van der Waals surface area contributed by atoms with E-state index in [1.165, 1.54) is 24.4 Å². The van der Waals surface area contributed by atoms with Gasteiger partial charge in [-0.2, -0.15) is 5.10 Å². The first-order valence-electron chi connectivity index (χ1n) is 5.65. The fourth-order valence-corrected chi connectivity index (χ4v) is 1.66. The molecule has 2 N–H and O–H groups in total. The average molecular weight is 262 g/mol. The second kappa shape index (κ2) is 5.33. The van der Waals surface area contributed by atoms with E-state index >= 15 is 0 Å². The number of rotatable bonds is 3. The van der Waals surface area contributed by atoms with Gasteiger partial charge in [-0.25, -0.2) is 9.07 Å². The summed E-state index contributed by atoms with van der Waals surface area (Å²) in [5.74, 6) is -0.611. The monoisotopic (exact) mass is 262 g/mol. The van der Waals surface area contributed by atoms with Crippen molar-refractivity contribution in [3.05, 3.63) is 57.8 Å². The summed E-state index contributed by atoms with van der Waals surface area (Å²) in [7, 11) is -1.72. The fraction of sp³-hybridized carbons (Fsp3) is 0.167. The van der Waals surface area contributed by atoms with Crippen LogP contribution in [-0.4, -0.2) is 26.9 Å². The van der Waals surface area contributed by atoms with Crippen molar-refractivity contribution >= 4 is 12.6 Å². The van der Waals surface area contributed by atoms with Crippen LogP contribution in [0, 0.1) is 12.7 Å². The topological polar surface area (TPSA) is 75.3 Å². The summed E-state index contributed by atoms with van der Waals surface area (Å²) in [4.78, 5) is 11.6. The third-order valence-electron chi connectivity index (χ3n) is 2.70. The fourth-order valence-electron chi connectivity index (χ4n) is 1.66. The number of hydrogen-bond donors (Lipinski definition) is 2. The Bertz CT molecular complexity index is 658. The van der Waals surface area contributed by atoms with Crippen molar-refractivity contribution in [3.63, 3.8) is 0 Å². The Balaban J connectivity index is 2.31. The predicted octanol–water partition coefficient (Wildman–Crippen LogP) is -0.581. The highest BCUT2D eigenvalue weighted by Crippen LogP contribution is 2.06. The summed E-state index contributed by atoms with van der Waals surface area (Å²) in [5, 5.41) is 21.8. The Morgan fingerprint density at radius 3 is 2.68 bits per heavy atom. The van der Waals surface area contributed by atoms with Gasteiger partial charge in [0.1, 0.15) is 5.82 Å². The Morgan fingerprint density at radius 1 is 1.37 bits per heavy atom. The lowest BCUT2D eigenvalue weighted by Gasteiger charge is -2.07. The Labute approximate surface area is 109 Å². The second-order valence-corrected chi connectivity index (χ2v) is 4.25. The molecule has 1 aromatic heterocycles. The molecule has 0 saturated carbocycles. The molecule has 7 heteroatoms. The first-order chi connectivity index (χ1) is 8.97. The van der Waals surface area contributed by atoms with Gasteiger partial charge in [-0.05, 0) is 24.0 Å². The van der Waals surface area contributed by atoms with Crippen LogP contribution < -0.4 is 11.0 Å². The third kappa shape index (κ3) is 3.07. The van der Waals surface area contributed by atoms with Gasteiger partial charge >= 0.3 is 7.12 Å². The first kappa shape index (κ1) is 13.4. The zero-order chi connectivity index (χ0) is 14.0. The lowest BCUT2D eigenvalue weighted by Crippen LogP contribution is -2.30. The summed E-state index contributed by atoms with van der Waals surface area (Å²) in [6.07, 6.45) is 1.52. The SMILES string of the molecule is Cc1cnn(Cc2ccc(B(O)O)cc2F)c(=O)c1. The van der Waals surface area contributed by atoms with E-state index in [1.54, 1.807) is 6.92 Å². The molecule has 0 spiro atoms. The van der Waals surface area contributed by atoms with Crippen LogP contribution in [0.5, 0.6) is 0 Å². The molecule has 98 valence electrons. The number of halogens is 1. The molecule has 0 fully saturated rings. The predicted molar refractivity (Wildman–Crippen MR) is 68.6 cm³/mol. The van der Waals surface area contributed by atoms with Gasteiger partial charge in [0.05, 0.1) is 12.7 Å². The molecule has 19 heavy (non-hydrogen) atoms. The lowest BCUT2D eigenvalue weighted by molar-refractivity contribution is 0.425. The maximum Gasteiger partial charge on any atom is 0.488 e. The highest BCUT2D eigenvalue weighted by atomic mass is 19.1. The van der Waals surface area contributed by atoms with Crippen LogP contribution in [0.1, 0.15) is 11.1 Å². The summed E-state index contributed by atoms with van der Waals surface area (Å²) in [5.41, 5.74) is 0.736. The van der Waals surface area contributed by atoms with E-state index in [9.17, 15) is 9.18 Å². The van der Waals surface area contributed by atoms with Gasteiger partial charge in [0.25, 0.3) is 5.56 Å². The van der Waals surface area contributed by atoms with Crippen LogP contribution in [0.25, 0.3) is 0 Å². The Morgan fingerprint density at radius 2 is 2.11 bits per heavy atom. The third-order valence-corrected chi connectivity index (χ3v) is 2.70. The molecule has 1 heterocycles. The van der Waals surface area contributed by atoms with E-state index in [2.05, 4.69) is 5.10 Å². The van der Waals surface area contributed by atoms with E-state index in [0.29, 0.717) is 0 Å². The minimum absolute atomic E-state index is 0.00719. The molecular weight excluding hydrogens is 250 g/mol. The molecule has 0 aliphatic carbocycles. The standard InChI is InChI=1S/C12H12BFN2O3/c1-8-4-12(17)16(15-6-8)7-9-2-3-10(13(18)19)5-11(9)14/h2-6,18-19H,7H2,1H3. The second-order valence-electron chi connectivity index (χ2n) is 4.25. The van der Waals surface area contributed by atoms with Gasteiger partial charge in [0.15, 0.2) is 0 Å². The number of hydrogen-bond acceptors (Lipinski definition) is 4. The maximum absolute atomic E-state index is 13.7. The van der Waals surface area contributed by atoms with Crippen molar-refractivity contribution in [2.24, 2.45) is 0 Å². The smallest absolute Gasteiger partial charge is 0.423 e. The van der Waals surface area contributed by atoms with Crippen molar-refractivity contribution in [3.8, 4) is 0 Å². The highest BCUT2D eigenvalue weighted by molar-refractivity contribution is 6.58. The first-order valence-corrected chi connectivity index (χ1v) is 5.65. The minimum atomic E-state index is -1.72. The zero-order valence-electron chi connectivity index (χ0n) is 10.2. The number of benzene rings is 1. The van der Waals surface area contributed by atoms with Gasteiger partial charge < -0.3 is 10.0 Å². The van der Waals surface area contributed by atoms with E-state index in [0.717, 1.165) is 16.3 Å². The number of aryl methyl sites for hydroxylation is 1. The van der Waals surface area contributed by atoms with Crippen LogP contribution in [-0.2, 0) is 6.54 Å². The maximum atomic E-state index is 13.7. The summed E-state index contributed by atoms with van der Waals surface area (Å²) < 4.78 is 14.9. The number of aromatic nitrogens is 2. The van der Waals surface area contributed by atoms with Crippen molar-refractivity contribution in [1.82, 2.24) is 9.78 Å². The van der Waals surface area contributed by atoms with Gasteiger partial charge in [0.2, 0.25) is 0 Å². The van der Waals surface area contributed by atoms with Crippen molar-refractivity contribution in [1.29, 1.82) is 0 Å². The molecule has 0 amide bonds. The zero-order valence-corrected chi connectivity index (χ0v) is 10.2. The normalized spacial score (nSPS) is 10.5. The van der Waals surface area contributed by atoms with Crippen LogP contribution in [0.4, 0.5) is 4.39 Å². The van der Waals surface area contributed by atoms with Gasteiger partial charge in [0, 0.05) is 11.6 Å². The van der Waals surface area contributed by atoms with Crippen LogP contribution in [0.15, 0.2) is 35.3 Å². The molecule has 2 rings (SSSR count). The molecule has 0 bridgehead atoms. The molecule has 0 atom stereocenters. The summed E-state index contributed by atoms with van der Waals surface area (Å²) in [6, 6.07) is 5.23. The summed E-state index contributed by atoms with van der Waals surface area (Å²) in [6.45, 7) is 1.74. The van der Waals surface area contributed by atoms with Crippen LogP contribution in [0.2, 0.25) is 0 Å². The highest BCUT2D eigenvalue weighted by Gasteiger charge is 2.14. The quantitative estimate of drug-likeness (QED) is 0.725.